The molecule has 0 saturated heterocycles. The van der Waals surface area contributed by atoms with Gasteiger partial charge in [-0.1, -0.05) is 23.7 Å². The molecule has 0 aromatic heterocycles. The lowest BCUT2D eigenvalue weighted by molar-refractivity contribution is -0.384. The predicted molar refractivity (Wildman–Crippen MR) is 76.6 cm³/mol. The van der Waals surface area contributed by atoms with Crippen molar-refractivity contribution < 1.29 is 14.1 Å². The molecule has 8 heteroatoms. The van der Waals surface area contributed by atoms with Crippen LogP contribution in [0.15, 0.2) is 36.4 Å². The molecule has 0 aliphatic heterocycles. The fourth-order valence-electron chi connectivity index (χ4n) is 1.70. The number of nitro benzene ring substituents is 1. The van der Waals surface area contributed by atoms with E-state index in [1.807, 2.05) is 0 Å². The summed E-state index contributed by atoms with van der Waals surface area (Å²) < 4.78 is 18.9. The summed E-state index contributed by atoms with van der Waals surface area (Å²) in [7, 11) is 0. The highest BCUT2D eigenvalue weighted by atomic mass is 35.5. The summed E-state index contributed by atoms with van der Waals surface area (Å²) >= 11 is 5.64. The fraction of sp³-hybridized carbons (Fsp3) is 0.0769. The number of hydrogen-bond acceptors (Lipinski definition) is 5. The molecule has 2 aromatic carbocycles. The van der Waals surface area contributed by atoms with Crippen molar-refractivity contribution in [2.24, 2.45) is 5.84 Å². The SMILES string of the molecule is NNc1ccc(COc2cccc(Cl)c2F)cc1[N+](=O)[O-]. The molecule has 0 aliphatic rings. The molecule has 0 aliphatic carbocycles. The second kappa shape index (κ2) is 6.38. The largest absolute Gasteiger partial charge is 0.486 e. The standard InChI is InChI=1S/C13H11ClFN3O3/c14-9-2-1-3-12(13(9)15)21-7-8-4-5-10(17-16)11(6-8)18(19)20/h1-6,17H,7,16H2. The minimum Gasteiger partial charge on any atom is -0.486 e. The number of nitrogens with zero attached hydrogens (tertiary/aromatic N) is 1. The second-order valence-corrected chi connectivity index (χ2v) is 4.50. The van der Waals surface area contributed by atoms with Gasteiger partial charge in [0.25, 0.3) is 5.69 Å². The summed E-state index contributed by atoms with van der Waals surface area (Å²) in [5, 5.41) is 10.8. The van der Waals surface area contributed by atoms with Crippen LogP contribution in [0.1, 0.15) is 5.56 Å². The van der Waals surface area contributed by atoms with Crippen molar-refractivity contribution in [3.05, 3.63) is 62.9 Å². The lowest BCUT2D eigenvalue weighted by atomic mass is 10.2. The van der Waals surface area contributed by atoms with E-state index in [0.29, 0.717) is 5.56 Å². The number of nitrogen functional groups attached to an aromatic ring is 1. The third-order valence-electron chi connectivity index (χ3n) is 2.72. The van der Waals surface area contributed by atoms with Crippen LogP contribution >= 0.6 is 11.6 Å². The van der Waals surface area contributed by atoms with E-state index in [0.717, 1.165) is 0 Å². The normalized spacial score (nSPS) is 10.2. The quantitative estimate of drug-likeness (QED) is 0.502. The van der Waals surface area contributed by atoms with E-state index in [1.165, 1.54) is 24.3 Å². The Labute approximate surface area is 124 Å². The van der Waals surface area contributed by atoms with E-state index in [1.54, 1.807) is 12.1 Å². The van der Waals surface area contributed by atoms with Gasteiger partial charge in [-0.2, -0.15) is 0 Å². The predicted octanol–water partition coefficient (Wildman–Crippen LogP) is 3.25. The average molecular weight is 312 g/mol. The smallest absolute Gasteiger partial charge is 0.294 e. The Kier molecular flexibility index (Phi) is 4.56. The lowest BCUT2D eigenvalue weighted by Gasteiger charge is -2.09. The molecular formula is C13H11ClFN3O3. The van der Waals surface area contributed by atoms with Crippen LogP contribution in [-0.2, 0) is 6.61 Å². The van der Waals surface area contributed by atoms with Gasteiger partial charge in [-0.25, -0.2) is 4.39 Å². The number of anilines is 1. The van der Waals surface area contributed by atoms with Crippen molar-refractivity contribution in [2.75, 3.05) is 5.43 Å². The van der Waals surface area contributed by atoms with Gasteiger partial charge in [-0.15, -0.1) is 0 Å². The molecule has 0 heterocycles. The molecule has 6 nitrogen and oxygen atoms in total. The van der Waals surface area contributed by atoms with E-state index in [-0.39, 0.29) is 28.8 Å². The number of benzene rings is 2. The van der Waals surface area contributed by atoms with Crippen LogP contribution in [0.5, 0.6) is 5.75 Å². The van der Waals surface area contributed by atoms with Crippen molar-refractivity contribution in [3.8, 4) is 5.75 Å². The Balaban J connectivity index is 2.19. The Morgan fingerprint density at radius 3 is 2.81 bits per heavy atom. The summed E-state index contributed by atoms with van der Waals surface area (Å²) in [6, 6.07) is 8.71. The maximum atomic E-state index is 13.6. The number of hydrogen-bond donors (Lipinski definition) is 2. The first-order valence-corrected chi connectivity index (χ1v) is 6.21. The van der Waals surface area contributed by atoms with Crippen molar-refractivity contribution in [3.63, 3.8) is 0 Å². The first-order chi connectivity index (χ1) is 10.0. The number of nitro groups is 1. The van der Waals surface area contributed by atoms with Gasteiger partial charge < -0.3 is 10.2 Å². The highest BCUT2D eigenvalue weighted by Gasteiger charge is 2.14. The van der Waals surface area contributed by atoms with Crippen LogP contribution in [0.3, 0.4) is 0 Å². The Bertz CT molecular complexity index is 682. The van der Waals surface area contributed by atoms with E-state index in [2.05, 4.69) is 5.43 Å². The second-order valence-electron chi connectivity index (χ2n) is 4.09. The monoisotopic (exact) mass is 311 g/mol. The number of nitrogens with two attached hydrogens (primary N) is 1. The van der Waals surface area contributed by atoms with Gasteiger partial charge in [0.15, 0.2) is 11.6 Å². The Morgan fingerprint density at radius 2 is 2.14 bits per heavy atom. The van der Waals surface area contributed by atoms with Crippen molar-refractivity contribution >= 4 is 23.0 Å². The molecule has 0 bridgehead atoms. The van der Waals surface area contributed by atoms with Gasteiger partial charge in [0, 0.05) is 6.07 Å². The summed E-state index contributed by atoms with van der Waals surface area (Å²) in [5.41, 5.74) is 2.72. The van der Waals surface area contributed by atoms with Gasteiger partial charge in [0.1, 0.15) is 12.3 Å². The molecule has 3 N–H and O–H groups in total. The van der Waals surface area contributed by atoms with Gasteiger partial charge in [-0.3, -0.25) is 16.0 Å². The molecule has 0 unspecified atom stereocenters. The van der Waals surface area contributed by atoms with Crippen molar-refractivity contribution in [2.45, 2.75) is 6.61 Å². The van der Waals surface area contributed by atoms with E-state index in [4.69, 9.17) is 22.2 Å². The number of nitrogens with one attached hydrogen (secondary N) is 1. The Morgan fingerprint density at radius 1 is 1.38 bits per heavy atom. The average Bonchev–Trinajstić information content (AvgIpc) is 2.48. The first-order valence-electron chi connectivity index (χ1n) is 5.83. The van der Waals surface area contributed by atoms with Crippen LogP contribution in [0, 0.1) is 15.9 Å². The third kappa shape index (κ3) is 3.39. The maximum Gasteiger partial charge on any atom is 0.294 e. The molecule has 0 saturated carbocycles. The zero-order valence-corrected chi connectivity index (χ0v) is 11.4. The molecule has 110 valence electrons. The van der Waals surface area contributed by atoms with Crippen LogP contribution in [0.4, 0.5) is 15.8 Å². The van der Waals surface area contributed by atoms with E-state index in [9.17, 15) is 14.5 Å². The van der Waals surface area contributed by atoms with Gasteiger partial charge in [-0.05, 0) is 23.8 Å². The maximum absolute atomic E-state index is 13.6. The van der Waals surface area contributed by atoms with Crippen molar-refractivity contribution in [1.29, 1.82) is 0 Å². The van der Waals surface area contributed by atoms with Crippen molar-refractivity contribution in [1.82, 2.24) is 0 Å². The van der Waals surface area contributed by atoms with Crippen LogP contribution in [0.25, 0.3) is 0 Å². The molecule has 0 spiro atoms. The molecule has 0 fully saturated rings. The highest BCUT2D eigenvalue weighted by molar-refractivity contribution is 6.30. The van der Waals surface area contributed by atoms with E-state index < -0.39 is 10.7 Å². The molecule has 2 aromatic rings. The van der Waals surface area contributed by atoms with Gasteiger partial charge in [0.2, 0.25) is 0 Å². The summed E-state index contributed by atoms with van der Waals surface area (Å²) in [6.45, 7) is -0.0387. The molecule has 21 heavy (non-hydrogen) atoms. The summed E-state index contributed by atoms with van der Waals surface area (Å²) in [5.74, 6) is 4.50. The number of halogens is 2. The molecular weight excluding hydrogens is 301 g/mol. The van der Waals surface area contributed by atoms with E-state index >= 15 is 0 Å². The van der Waals surface area contributed by atoms with Crippen LogP contribution in [0.2, 0.25) is 5.02 Å². The molecule has 0 radical (unpaired) electrons. The van der Waals surface area contributed by atoms with Crippen LogP contribution < -0.4 is 16.0 Å². The zero-order valence-electron chi connectivity index (χ0n) is 10.7. The third-order valence-corrected chi connectivity index (χ3v) is 3.02. The van der Waals surface area contributed by atoms with Crippen LogP contribution in [-0.4, -0.2) is 4.92 Å². The molecule has 0 amide bonds. The minimum atomic E-state index is -0.672. The number of rotatable bonds is 5. The summed E-state index contributed by atoms with van der Waals surface area (Å²) in [4.78, 5) is 10.3. The Hall–Kier alpha value is -2.38. The topological polar surface area (TPSA) is 90.4 Å². The zero-order chi connectivity index (χ0) is 15.4. The fourth-order valence-corrected chi connectivity index (χ4v) is 1.86. The molecule has 2 rings (SSSR count). The highest BCUT2D eigenvalue weighted by Crippen LogP contribution is 2.27. The van der Waals surface area contributed by atoms with Gasteiger partial charge in [0.05, 0.1) is 9.95 Å². The molecule has 0 atom stereocenters. The number of hydrazine groups is 1. The first kappa shape index (κ1) is 15.0. The number of ether oxygens (including phenoxy) is 1. The lowest BCUT2D eigenvalue weighted by Crippen LogP contribution is -2.09. The minimum absolute atomic E-state index is 0.0221. The van der Waals surface area contributed by atoms with Gasteiger partial charge >= 0.3 is 0 Å². The summed E-state index contributed by atoms with van der Waals surface area (Å²) in [6.07, 6.45) is 0.